The van der Waals surface area contributed by atoms with Gasteiger partial charge in [-0.3, -0.25) is 4.98 Å². The maximum absolute atomic E-state index is 5.30. The van der Waals surface area contributed by atoms with Crippen LogP contribution in [0.3, 0.4) is 0 Å². The summed E-state index contributed by atoms with van der Waals surface area (Å²) in [6.07, 6.45) is 9.73. The number of pyridine rings is 1. The van der Waals surface area contributed by atoms with Crippen molar-refractivity contribution in [1.29, 1.82) is 0 Å². The Hall–Kier alpha value is -1.33. The molecule has 1 unspecified atom stereocenters. The summed E-state index contributed by atoms with van der Waals surface area (Å²) < 4.78 is 0. The van der Waals surface area contributed by atoms with Crippen LogP contribution in [0.25, 0.3) is 0 Å². The van der Waals surface area contributed by atoms with Crippen molar-refractivity contribution in [3.8, 4) is 12.3 Å². The Kier molecular flexibility index (Phi) is 3.31. The molecule has 1 aromatic heterocycles. The molecule has 1 atom stereocenters. The van der Waals surface area contributed by atoms with E-state index in [0.717, 1.165) is 12.0 Å². The van der Waals surface area contributed by atoms with Gasteiger partial charge < -0.3 is 5.32 Å². The standard InChI is InChI=1S/C10H12N2/c1-3-10(11-2)7-9-5-4-6-12-8-9/h1,4-6,8,10-11H,7H2,2H3. The van der Waals surface area contributed by atoms with Gasteiger partial charge in [-0.2, -0.15) is 0 Å². The molecule has 0 saturated carbocycles. The average Bonchev–Trinajstić information content (AvgIpc) is 2.16. The van der Waals surface area contributed by atoms with E-state index in [-0.39, 0.29) is 6.04 Å². The minimum atomic E-state index is 0.106. The summed E-state index contributed by atoms with van der Waals surface area (Å²) >= 11 is 0. The first kappa shape index (κ1) is 8.76. The Morgan fingerprint density at radius 1 is 1.75 bits per heavy atom. The number of terminal acetylenes is 1. The summed E-state index contributed by atoms with van der Waals surface area (Å²) in [6.45, 7) is 0. The number of hydrogen-bond donors (Lipinski definition) is 1. The lowest BCUT2D eigenvalue weighted by Crippen LogP contribution is -2.25. The van der Waals surface area contributed by atoms with Gasteiger partial charge in [-0.25, -0.2) is 0 Å². The number of aromatic nitrogens is 1. The minimum Gasteiger partial charge on any atom is -0.306 e. The van der Waals surface area contributed by atoms with Gasteiger partial charge in [0.2, 0.25) is 0 Å². The zero-order valence-corrected chi connectivity index (χ0v) is 7.12. The van der Waals surface area contributed by atoms with Crippen LogP contribution in [0.1, 0.15) is 5.56 Å². The number of hydrogen-bond acceptors (Lipinski definition) is 2. The van der Waals surface area contributed by atoms with Crippen LogP contribution in [0.15, 0.2) is 24.5 Å². The summed E-state index contributed by atoms with van der Waals surface area (Å²) in [4.78, 5) is 4.01. The fourth-order valence-corrected chi connectivity index (χ4v) is 0.999. The van der Waals surface area contributed by atoms with Gasteiger partial charge in [-0.15, -0.1) is 6.42 Å². The van der Waals surface area contributed by atoms with E-state index in [1.54, 1.807) is 6.20 Å². The molecular weight excluding hydrogens is 148 g/mol. The molecule has 0 amide bonds. The van der Waals surface area contributed by atoms with Crippen molar-refractivity contribution in [1.82, 2.24) is 10.3 Å². The van der Waals surface area contributed by atoms with Crippen LogP contribution >= 0.6 is 0 Å². The SMILES string of the molecule is C#CC(Cc1cccnc1)NC. The van der Waals surface area contributed by atoms with Gasteiger partial charge in [-0.05, 0) is 18.7 Å². The summed E-state index contributed by atoms with van der Waals surface area (Å²) in [5.41, 5.74) is 1.16. The van der Waals surface area contributed by atoms with Crippen LogP contribution in [0.4, 0.5) is 0 Å². The molecule has 2 heteroatoms. The van der Waals surface area contributed by atoms with Gasteiger partial charge in [0.25, 0.3) is 0 Å². The average molecular weight is 160 g/mol. The number of likely N-dealkylation sites (N-methyl/N-ethyl adjacent to an activating group) is 1. The Labute approximate surface area is 73.0 Å². The minimum absolute atomic E-state index is 0.106. The molecule has 0 aliphatic heterocycles. The third-order valence-electron chi connectivity index (χ3n) is 1.71. The van der Waals surface area contributed by atoms with Gasteiger partial charge in [0.05, 0.1) is 6.04 Å². The lowest BCUT2D eigenvalue weighted by molar-refractivity contribution is 0.682. The van der Waals surface area contributed by atoms with Crippen molar-refractivity contribution in [2.24, 2.45) is 0 Å². The van der Waals surface area contributed by atoms with Crippen molar-refractivity contribution in [2.45, 2.75) is 12.5 Å². The van der Waals surface area contributed by atoms with E-state index in [4.69, 9.17) is 6.42 Å². The van der Waals surface area contributed by atoms with Gasteiger partial charge in [-0.1, -0.05) is 12.0 Å². The fourth-order valence-electron chi connectivity index (χ4n) is 0.999. The molecule has 0 radical (unpaired) electrons. The Balaban J connectivity index is 2.58. The third-order valence-corrected chi connectivity index (χ3v) is 1.71. The monoisotopic (exact) mass is 160 g/mol. The van der Waals surface area contributed by atoms with Crippen LogP contribution in [-0.4, -0.2) is 18.1 Å². The summed E-state index contributed by atoms with van der Waals surface area (Å²) in [7, 11) is 1.86. The van der Waals surface area contributed by atoms with Gasteiger partial charge >= 0.3 is 0 Å². The van der Waals surface area contributed by atoms with E-state index < -0.39 is 0 Å². The predicted molar refractivity (Wildman–Crippen MR) is 49.6 cm³/mol. The number of nitrogens with zero attached hydrogens (tertiary/aromatic N) is 1. The molecule has 12 heavy (non-hydrogen) atoms. The van der Waals surface area contributed by atoms with Crippen molar-refractivity contribution >= 4 is 0 Å². The molecule has 0 fully saturated rings. The molecule has 0 bridgehead atoms. The molecule has 1 aromatic rings. The van der Waals surface area contributed by atoms with E-state index in [0.29, 0.717) is 0 Å². The zero-order chi connectivity index (χ0) is 8.81. The van der Waals surface area contributed by atoms with E-state index in [1.165, 1.54) is 0 Å². The van der Waals surface area contributed by atoms with Crippen molar-refractivity contribution < 1.29 is 0 Å². The predicted octanol–water partition coefficient (Wildman–Crippen LogP) is 0.845. The normalized spacial score (nSPS) is 12.0. The van der Waals surface area contributed by atoms with E-state index >= 15 is 0 Å². The van der Waals surface area contributed by atoms with Crippen LogP contribution in [0, 0.1) is 12.3 Å². The van der Waals surface area contributed by atoms with Gasteiger partial charge in [0, 0.05) is 18.8 Å². The lowest BCUT2D eigenvalue weighted by atomic mass is 10.1. The number of rotatable bonds is 3. The summed E-state index contributed by atoms with van der Waals surface area (Å²) in [5.74, 6) is 2.66. The van der Waals surface area contributed by atoms with Crippen LogP contribution in [-0.2, 0) is 6.42 Å². The Morgan fingerprint density at radius 3 is 3.08 bits per heavy atom. The molecule has 0 aliphatic rings. The highest BCUT2D eigenvalue weighted by Crippen LogP contribution is 1.99. The topological polar surface area (TPSA) is 24.9 Å². The Morgan fingerprint density at radius 2 is 2.58 bits per heavy atom. The largest absolute Gasteiger partial charge is 0.306 e. The zero-order valence-electron chi connectivity index (χ0n) is 7.12. The van der Waals surface area contributed by atoms with Crippen LogP contribution in [0.5, 0.6) is 0 Å². The second-order valence-electron chi connectivity index (χ2n) is 2.57. The molecule has 62 valence electrons. The van der Waals surface area contributed by atoms with Crippen molar-refractivity contribution in [2.75, 3.05) is 7.05 Å². The van der Waals surface area contributed by atoms with E-state index in [1.807, 2.05) is 25.4 Å². The second-order valence-corrected chi connectivity index (χ2v) is 2.57. The molecule has 0 saturated heterocycles. The maximum Gasteiger partial charge on any atom is 0.0725 e. The first-order valence-corrected chi connectivity index (χ1v) is 3.89. The van der Waals surface area contributed by atoms with Gasteiger partial charge in [0.15, 0.2) is 0 Å². The Bertz CT molecular complexity index is 261. The molecular formula is C10H12N2. The molecule has 1 rings (SSSR count). The van der Waals surface area contributed by atoms with Crippen molar-refractivity contribution in [3.63, 3.8) is 0 Å². The summed E-state index contributed by atoms with van der Waals surface area (Å²) in [5, 5.41) is 3.04. The van der Waals surface area contributed by atoms with Crippen molar-refractivity contribution in [3.05, 3.63) is 30.1 Å². The molecule has 0 aliphatic carbocycles. The first-order valence-electron chi connectivity index (χ1n) is 3.89. The third kappa shape index (κ3) is 2.37. The first-order chi connectivity index (χ1) is 5.86. The molecule has 1 heterocycles. The van der Waals surface area contributed by atoms with Crippen LogP contribution in [0.2, 0.25) is 0 Å². The molecule has 2 nitrogen and oxygen atoms in total. The quantitative estimate of drug-likeness (QED) is 0.663. The second kappa shape index (κ2) is 4.53. The number of nitrogens with one attached hydrogen (secondary N) is 1. The molecule has 1 N–H and O–H groups in total. The maximum atomic E-state index is 5.30. The lowest BCUT2D eigenvalue weighted by Gasteiger charge is -2.07. The van der Waals surface area contributed by atoms with Crippen LogP contribution < -0.4 is 5.32 Å². The summed E-state index contributed by atoms with van der Waals surface area (Å²) in [6, 6.07) is 4.04. The van der Waals surface area contributed by atoms with E-state index in [9.17, 15) is 0 Å². The molecule has 0 spiro atoms. The molecule has 0 aromatic carbocycles. The fraction of sp³-hybridized carbons (Fsp3) is 0.300. The van der Waals surface area contributed by atoms with Gasteiger partial charge in [0.1, 0.15) is 0 Å². The smallest absolute Gasteiger partial charge is 0.0725 e. The van der Waals surface area contributed by atoms with E-state index in [2.05, 4.69) is 16.2 Å². The highest BCUT2D eigenvalue weighted by molar-refractivity contribution is 5.14. The highest BCUT2D eigenvalue weighted by Gasteiger charge is 2.01. The highest BCUT2D eigenvalue weighted by atomic mass is 14.8.